The Bertz CT molecular complexity index is 141. The van der Waals surface area contributed by atoms with Gasteiger partial charge in [-0.3, -0.25) is 0 Å². The lowest BCUT2D eigenvalue weighted by Crippen LogP contribution is -1.96. The molecule has 0 aliphatic carbocycles. The zero-order chi connectivity index (χ0) is 6.62. The van der Waals surface area contributed by atoms with Crippen molar-refractivity contribution in [3.8, 4) is 0 Å². The molecule has 0 aliphatic heterocycles. The number of hydrogen-bond donors (Lipinski definition) is 0. The summed E-state index contributed by atoms with van der Waals surface area (Å²) in [6.07, 6.45) is 0.645. The molecule has 2 nitrogen and oxygen atoms in total. The number of rotatable bonds is 3. The molecule has 0 aromatic heterocycles. The van der Waals surface area contributed by atoms with Crippen LogP contribution in [-0.2, 0) is 9.05 Å². The second-order valence-electron chi connectivity index (χ2n) is 1.29. The summed E-state index contributed by atoms with van der Waals surface area (Å²) in [6.45, 7) is 0. The summed E-state index contributed by atoms with van der Waals surface area (Å²) in [5.41, 5.74) is 0. The highest BCUT2D eigenvalue weighted by Crippen LogP contribution is 1.99. The van der Waals surface area contributed by atoms with Gasteiger partial charge in [-0.15, -0.1) is 0 Å². The summed E-state index contributed by atoms with van der Waals surface area (Å²) in [4.78, 5) is 0. The largest absolute Gasteiger partial charge is 0.232 e. The molecule has 0 amide bonds. The van der Waals surface area contributed by atoms with Gasteiger partial charge in [0.05, 0.1) is 5.75 Å². The Morgan fingerprint density at radius 3 is 2.12 bits per heavy atom. The van der Waals surface area contributed by atoms with Gasteiger partial charge in [-0.2, -0.15) is 0 Å². The van der Waals surface area contributed by atoms with Crippen LogP contribution in [0.4, 0.5) is 0 Å². The average molecular weight is 269 g/mol. The standard InChI is InChI=1S/C3H6ClIO2S/c4-8(6,7)3-1-2-5/h1-3H2. The molecule has 0 fully saturated rings. The lowest BCUT2D eigenvalue weighted by atomic mass is 10.6. The van der Waals surface area contributed by atoms with Crippen molar-refractivity contribution in [3.05, 3.63) is 0 Å². The smallest absolute Gasteiger partial charge is 0.212 e. The van der Waals surface area contributed by atoms with E-state index in [1.54, 1.807) is 0 Å². The normalized spacial score (nSPS) is 11.8. The second kappa shape index (κ2) is 3.90. The van der Waals surface area contributed by atoms with Crippen LogP contribution in [0.15, 0.2) is 0 Å². The van der Waals surface area contributed by atoms with E-state index >= 15 is 0 Å². The zero-order valence-corrected chi connectivity index (χ0v) is 7.83. The minimum absolute atomic E-state index is 0.0947. The van der Waals surface area contributed by atoms with Crippen molar-refractivity contribution < 1.29 is 8.42 Å². The van der Waals surface area contributed by atoms with Crippen molar-refractivity contribution in [1.29, 1.82) is 0 Å². The monoisotopic (exact) mass is 268 g/mol. The first-order valence-electron chi connectivity index (χ1n) is 2.04. The lowest BCUT2D eigenvalue weighted by molar-refractivity contribution is 0.608. The minimum atomic E-state index is -3.22. The summed E-state index contributed by atoms with van der Waals surface area (Å²) in [5, 5.41) is 0. The Labute approximate surface area is 67.2 Å². The van der Waals surface area contributed by atoms with Gasteiger partial charge in [-0.25, -0.2) is 8.42 Å². The van der Waals surface area contributed by atoms with E-state index in [4.69, 9.17) is 10.7 Å². The fourth-order valence-electron chi connectivity index (χ4n) is 0.227. The molecule has 0 heterocycles. The Hall–Kier alpha value is 0.970. The van der Waals surface area contributed by atoms with Crippen LogP contribution >= 0.6 is 33.3 Å². The van der Waals surface area contributed by atoms with Crippen molar-refractivity contribution in [2.24, 2.45) is 0 Å². The molecule has 0 aromatic rings. The molecular formula is C3H6ClIO2S. The van der Waals surface area contributed by atoms with Gasteiger partial charge in [0.25, 0.3) is 0 Å². The first-order chi connectivity index (χ1) is 3.56. The molecule has 0 saturated heterocycles. The number of alkyl halides is 1. The predicted molar refractivity (Wildman–Crippen MR) is 43.1 cm³/mol. The molecule has 5 heteroatoms. The molecule has 0 atom stereocenters. The SMILES string of the molecule is O=S(=O)(Cl)CCCI. The highest BCUT2D eigenvalue weighted by molar-refractivity contribution is 14.1. The van der Waals surface area contributed by atoms with Gasteiger partial charge < -0.3 is 0 Å². The third kappa shape index (κ3) is 6.97. The van der Waals surface area contributed by atoms with Gasteiger partial charge in [-0.1, -0.05) is 22.6 Å². The van der Waals surface area contributed by atoms with Crippen molar-refractivity contribution >= 4 is 42.3 Å². The Morgan fingerprint density at radius 2 is 2.00 bits per heavy atom. The van der Waals surface area contributed by atoms with Crippen LogP contribution in [-0.4, -0.2) is 18.6 Å². The first-order valence-corrected chi connectivity index (χ1v) is 6.05. The summed E-state index contributed by atoms with van der Waals surface area (Å²) in [6, 6.07) is 0. The average Bonchev–Trinajstić information content (AvgIpc) is 1.59. The molecule has 0 spiro atoms. The van der Waals surface area contributed by atoms with Crippen LogP contribution in [0.5, 0.6) is 0 Å². The molecule has 0 saturated carbocycles. The van der Waals surface area contributed by atoms with Crippen molar-refractivity contribution in [2.45, 2.75) is 6.42 Å². The van der Waals surface area contributed by atoms with E-state index < -0.39 is 9.05 Å². The van der Waals surface area contributed by atoms with Crippen LogP contribution in [0.3, 0.4) is 0 Å². The first kappa shape index (κ1) is 8.97. The third-order valence-corrected chi connectivity index (χ3v) is 2.52. The zero-order valence-electron chi connectivity index (χ0n) is 4.10. The Morgan fingerprint density at radius 1 is 1.50 bits per heavy atom. The van der Waals surface area contributed by atoms with Gasteiger partial charge in [-0.05, 0) is 6.42 Å². The van der Waals surface area contributed by atoms with Gasteiger partial charge in [0.2, 0.25) is 9.05 Å². The number of hydrogen-bond acceptors (Lipinski definition) is 2. The molecule has 0 aliphatic rings. The molecule has 0 N–H and O–H groups in total. The number of halogens is 2. The van der Waals surface area contributed by atoms with E-state index in [0.29, 0.717) is 6.42 Å². The summed E-state index contributed by atoms with van der Waals surface area (Å²) < 4.78 is 21.1. The van der Waals surface area contributed by atoms with Gasteiger partial charge in [0.1, 0.15) is 0 Å². The van der Waals surface area contributed by atoms with E-state index in [0.717, 1.165) is 4.43 Å². The molecule has 0 unspecified atom stereocenters. The lowest BCUT2D eigenvalue weighted by Gasteiger charge is -1.87. The van der Waals surface area contributed by atoms with Crippen LogP contribution in [0.1, 0.15) is 6.42 Å². The summed E-state index contributed by atoms with van der Waals surface area (Å²) >= 11 is 2.10. The highest BCUT2D eigenvalue weighted by atomic mass is 127. The predicted octanol–water partition coefficient (Wildman–Crippen LogP) is 1.38. The van der Waals surface area contributed by atoms with Crippen LogP contribution in [0, 0.1) is 0 Å². The Kier molecular flexibility index (Phi) is 4.37. The second-order valence-corrected chi connectivity index (χ2v) is 5.26. The molecule has 0 radical (unpaired) electrons. The molecular weight excluding hydrogens is 262 g/mol. The maximum Gasteiger partial charge on any atom is 0.232 e. The van der Waals surface area contributed by atoms with E-state index in [1.807, 2.05) is 0 Å². The molecule has 0 bridgehead atoms. The summed E-state index contributed by atoms with van der Waals surface area (Å²) in [5.74, 6) is 0.0947. The van der Waals surface area contributed by atoms with E-state index in [1.165, 1.54) is 0 Å². The molecule has 0 aromatic carbocycles. The quantitative estimate of drug-likeness (QED) is 0.440. The van der Waals surface area contributed by atoms with Crippen molar-refractivity contribution in [2.75, 3.05) is 10.2 Å². The van der Waals surface area contributed by atoms with E-state index in [9.17, 15) is 8.42 Å². The maximum atomic E-state index is 10.2. The topological polar surface area (TPSA) is 34.1 Å². The van der Waals surface area contributed by atoms with Gasteiger partial charge in [0, 0.05) is 15.1 Å². The third-order valence-electron chi connectivity index (χ3n) is 0.522. The molecule has 8 heavy (non-hydrogen) atoms. The van der Waals surface area contributed by atoms with Crippen molar-refractivity contribution in [1.82, 2.24) is 0 Å². The summed E-state index contributed by atoms with van der Waals surface area (Å²) in [7, 11) is 1.66. The Balaban J connectivity index is 3.42. The molecule has 0 rings (SSSR count). The van der Waals surface area contributed by atoms with Gasteiger partial charge >= 0.3 is 0 Å². The van der Waals surface area contributed by atoms with Crippen LogP contribution in [0.25, 0.3) is 0 Å². The minimum Gasteiger partial charge on any atom is -0.212 e. The van der Waals surface area contributed by atoms with Crippen LogP contribution in [0.2, 0.25) is 0 Å². The molecule has 50 valence electrons. The van der Waals surface area contributed by atoms with Gasteiger partial charge in [0.15, 0.2) is 0 Å². The fourth-order valence-corrected chi connectivity index (χ4v) is 1.94. The fraction of sp³-hybridized carbons (Fsp3) is 1.00. The highest BCUT2D eigenvalue weighted by Gasteiger charge is 2.01. The van der Waals surface area contributed by atoms with Crippen LogP contribution < -0.4 is 0 Å². The van der Waals surface area contributed by atoms with E-state index in [2.05, 4.69) is 22.6 Å². The maximum absolute atomic E-state index is 10.2. The van der Waals surface area contributed by atoms with Crippen molar-refractivity contribution in [3.63, 3.8) is 0 Å². The van der Waals surface area contributed by atoms with E-state index in [-0.39, 0.29) is 5.75 Å².